The number of aromatic nitrogens is 3. The van der Waals surface area contributed by atoms with Crippen molar-refractivity contribution in [1.29, 1.82) is 0 Å². The minimum atomic E-state index is -0.252. The van der Waals surface area contributed by atoms with Gasteiger partial charge in [-0.05, 0) is 32.0 Å². The summed E-state index contributed by atoms with van der Waals surface area (Å²) in [6.45, 7) is 4.52. The lowest BCUT2D eigenvalue weighted by Gasteiger charge is -2.26. The summed E-state index contributed by atoms with van der Waals surface area (Å²) >= 11 is 0. The van der Waals surface area contributed by atoms with Crippen LogP contribution in [-0.2, 0) is 6.54 Å². The number of carbonyl (C=O) groups excluding carboxylic acids is 2. The van der Waals surface area contributed by atoms with Crippen LogP contribution in [0, 0.1) is 6.92 Å². The van der Waals surface area contributed by atoms with E-state index in [1.54, 1.807) is 12.3 Å². The second kappa shape index (κ2) is 7.75. The van der Waals surface area contributed by atoms with Gasteiger partial charge in [0.1, 0.15) is 5.82 Å². The van der Waals surface area contributed by atoms with Crippen molar-refractivity contribution in [2.24, 2.45) is 0 Å². The van der Waals surface area contributed by atoms with E-state index in [0.717, 1.165) is 5.69 Å². The molecule has 8 nitrogen and oxygen atoms in total. The van der Waals surface area contributed by atoms with Crippen molar-refractivity contribution in [1.82, 2.24) is 25.2 Å². The number of hydrogen-bond donors (Lipinski definition) is 3. The summed E-state index contributed by atoms with van der Waals surface area (Å²) in [5.41, 5.74) is 4.18. The standard InChI is InChI=1S/C21H22N6O2/c1-3-22-21(29)27-11-16-18(17(28)12-27)20(25-14-7-5-4-6-8-14)19(26-16)15-9-10-23-13(2)24-15/h4-10,25-26H,3,11-12H2,1-2H3,(H,22,29). The number of benzene rings is 1. The molecule has 0 fully saturated rings. The quantitative estimate of drug-likeness (QED) is 0.635. The van der Waals surface area contributed by atoms with Crippen LogP contribution in [0.5, 0.6) is 0 Å². The lowest BCUT2D eigenvalue weighted by molar-refractivity contribution is 0.0919. The maximum absolute atomic E-state index is 13.0. The van der Waals surface area contributed by atoms with Gasteiger partial charge in [0.15, 0.2) is 5.78 Å². The number of amides is 2. The Morgan fingerprint density at radius 2 is 2.00 bits per heavy atom. The van der Waals surface area contributed by atoms with Crippen LogP contribution >= 0.6 is 0 Å². The van der Waals surface area contributed by atoms with Gasteiger partial charge in [-0.25, -0.2) is 14.8 Å². The number of Topliss-reactive ketones (excluding diaryl/α,β-unsaturated/α-hetero) is 1. The number of nitrogens with zero attached hydrogens (tertiary/aromatic N) is 3. The van der Waals surface area contributed by atoms with Crippen LogP contribution in [0.4, 0.5) is 16.2 Å². The number of carbonyl (C=O) groups is 2. The highest BCUT2D eigenvalue weighted by atomic mass is 16.2. The van der Waals surface area contributed by atoms with E-state index in [2.05, 4.69) is 25.6 Å². The molecule has 0 aliphatic carbocycles. The molecule has 29 heavy (non-hydrogen) atoms. The van der Waals surface area contributed by atoms with Crippen molar-refractivity contribution in [2.45, 2.75) is 20.4 Å². The third-order valence-electron chi connectivity index (χ3n) is 4.73. The summed E-state index contributed by atoms with van der Waals surface area (Å²) < 4.78 is 0. The van der Waals surface area contributed by atoms with Gasteiger partial charge in [0.2, 0.25) is 0 Å². The molecule has 1 aromatic carbocycles. The predicted octanol–water partition coefficient (Wildman–Crippen LogP) is 3.25. The number of urea groups is 1. The van der Waals surface area contributed by atoms with E-state index in [1.165, 1.54) is 4.90 Å². The Morgan fingerprint density at radius 1 is 1.21 bits per heavy atom. The molecule has 1 aliphatic heterocycles. The number of nitrogens with one attached hydrogen (secondary N) is 3. The van der Waals surface area contributed by atoms with Gasteiger partial charge in [-0.15, -0.1) is 0 Å². The van der Waals surface area contributed by atoms with Gasteiger partial charge < -0.3 is 20.5 Å². The first kappa shape index (κ1) is 18.7. The Morgan fingerprint density at radius 3 is 2.72 bits per heavy atom. The maximum atomic E-state index is 13.0. The van der Waals surface area contributed by atoms with Crippen LogP contribution in [0.2, 0.25) is 0 Å². The Balaban J connectivity index is 1.80. The lowest BCUT2D eigenvalue weighted by atomic mass is 10.0. The summed E-state index contributed by atoms with van der Waals surface area (Å²) in [7, 11) is 0. The van der Waals surface area contributed by atoms with Crippen LogP contribution in [0.25, 0.3) is 11.4 Å². The largest absolute Gasteiger partial charge is 0.353 e. The molecule has 3 aromatic rings. The van der Waals surface area contributed by atoms with Gasteiger partial charge in [-0.3, -0.25) is 4.79 Å². The van der Waals surface area contributed by atoms with Crippen LogP contribution < -0.4 is 10.6 Å². The second-order valence-corrected chi connectivity index (χ2v) is 6.82. The molecule has 0 unspecified atom stereocenters. The molecule has 2 amide bonds. The van der Waals surface area contributed by atoms with Gasteiger partial charge in [-0.1, -0.05) is 18.2 Å². The Labute approximate surface area is 168 Å². The fourth-order valence-electron chi connectivity index (χ4n) is 3.46. The molecule has 8 heteroatoms. The van der Waals surface area contributed by atoms with Crippen molar-refractivity contribution in [3.8, 4) is 11.4 Å². The molecule has 0 saturated carbocycles. The van der Waals surface area contributed by atoms with Gasteiger partial charge in [0, 0.05) is 24.1 Å². The van der Waals surface area contributed by atoms with Gasteiger partial charge in [-0.2, -0.15) is 0 Å². The fourth-order valence-corrected chi connectivity index (χ4v) is 3.46. The first-order chi connectivity index (χ1) is 14.1. The zero-order valence-corrected chi connectivity index (χ0v) is 16.3. The zero-order chi connectivity index (χ0) is 20.4. The van der Waals surface area contributed by atoms with E-state index in [1.807, 2.05) is 44.2 Å². The summed E-state index contributed by atoms with van der Waals surface area (Å²) in [4.78, 5) is 38.8. The number of ketones is 1. The van der Waals surface area contributed by atoms with Gasteiger partial charge in [0.25, 0.3) is 0 Å². The van der Waals surface area contributed by atoms with E-state index in [9.17, 15) is 9.59 Å². The highest BCUT2D eigenvalue weighted by Gasteiger charge is 2.32. The summed E-state index contributed by atoms with van der Waals surface area (Å²) in [5, 5.41) is 6.12. The van der Waals surface area contributed by atoms with E-state index < -0.39 is 0 Å². The molecule has 0 atom stereocenters. The Hall–Kier alpha value is -3.68. The molecule has 1 aliphatic rings. The second-order valence-electron chi connectivity index (χ2n) is 6.82. The molecular weight excluding hydrogens is 368 g/mol. The highest BCUT2D eigenvalue weighted by molar-refractivity contribution is 6.09. The summed E-state index contributed by atoms with van der Waals surface area (Å²) in [6, 6.07) is 11.2. The van der Waals surface area contributed by atoms with Crippen molar-refractivity contribution >= 4 is 23.2 Å². The smallest absolute Gasteiger partial charge is 0.318 e. The zero-order valence-electron chi connectivity index (χ0n) is 16.3. The topological polar surface area (TPSA) is 103 Å². The van der Waals surface area contributed by atoms with Crippen molar-refractivity contribution in [2.75, 3.05) is 18.4 Å². The Bertz CT molecular complexity index is 1060. The molecule has 2 aromatic heterocycles. The molecular formula is C21H22N6O2. The third-order valence-corrected chi connectivity index (χ3v) is 4.73. The first-order valence-electron chi connectivity index (χ1n) is 9.49. The van der Waals surface area contributed by atoms with Crippen LogP contribution in [0.3, 0.4) is 0 Å². The van der Waals surface area contributed by atoms with Crippen molar-refractivity contribution in [3.05, 3.63) is 59.7 Å². The maximum Gasteiger partial charge on any atom is 0.318 e. The van der Waals surface area contributed by atoms with Crippen molar-refractivity contribution in [3.63, 3.8) is 0 Å². The third kappa shape index (κ3) is 3.69. The number of aromatic amines is 1. The van der Waals surface area contributed by atoms with Gasteiger partial charge in [0.05, 0.1) is 35.7 Å². The van der Waals surface area contributed by atoms with Crippen LogP contribution in [0.1, 0.15) is 28.8 Å². The monoisotopic (exact) mass is 390 g/mol. The molecule has 3 N–H and O–H groups in total. The minimum Gasteiger partial charge on any atom is -0.353 e. The Kier molecular flexibility index (Phi) is 4.99. The lowest BCUT2D eigenvalue weighted by Crippen LogP contribution is -2.44. The molecule has 4 rings (SSSR count). The molecule has 148 valence electrons. The molecule has 0 saturated heterocycles. The van der Waals surface area contributed by atoms with Crippen molar-refractivity contribution < 1.29 is 9.59 Å². The van der Waals surface area contributed by atoms with Crippen LogP contribution in [0.15, 0.2) is 42.6 Å². The minimum absolute atomic E-state index is 0.0302. The van der Waals surface area contributed by atoms with E-state index >= 15 is 0 Å². The molecule has 3 heterocycles. The molecule has 0 spiro atoms. The number of para-hydroxylation sites is 1. The van der Waals surface area contributed by atoms with E-state index in [4.69, 9.17) is 0 Å². The number of aryl methyl sites for hydroxylation is 1. The number of H-pyrrole nitrogens is 1. The average molecular weight is 390 g/mol. The highest BCUT2D eigenvalue weighted by Crippen LogP contribution is 2.37. The SMILES string of the molecule is CCNC(=O)N1CC(=O)c2c([nH]c(-c3ccnc(C)n3)c2Nc2ccccc2)C1. The van der Waals surface area contributed by atoms with Crippen LogP contribution in [-0.4, -0.2) is 44.8 Å². The number of hydrogen-bond acceptors (Lipinski definition) is 5. The summed E-state index contributed by atoms with van der Waals surface area (Å²) in [6.07, 6.45) is 1.69. The fraction of sp³-hybridized carbons (Fsp3) is 0.238. The van der Waals surface area contributed by atoms with E-state index in [-0.39, 0.29) is 18.4 Å². The number of fused-ring (bicyclic) bond motifs is 1. The molecule has 0 bridgehead atoms. The van der Waals surface area contributed by atoms with Gasteiger partial charge >= 0.3 is 6.03 Å². The number of rotatable bonds is 4. The van der Waals surface area contributed by atoms with E-state index in [0.29, 0.717) is 47.2 Å². The number of anilines is 2. The first-order valence-corrected chi connectivity index (χ1v) is 9.49. The normalized spacial score (nSPS) is 13.2. The summed E-state index contributed by atoms with van der Waals surface area (Å²) in [5.74, 6) is 0.514. The average Bonchev–Trinajstić information content (AvgIpc) is 3.08. The predicted molar refractivity (Wildman–Crippen MR) is 110 cm³/mol. The molecule has 0 radical (unpaired) electrons.